The van der Waals surface area contributed by atoms with Crippen LogP contribution in [0.15, 0.2) is 41.0 Å². The number of benzene rings is 1. The van der Waals surface area contributed by atoms with Crippen LogP contribution in [0.2, 0.25) is 0 Å². The summed E-state index contributed by atoms with van der Waals surface area (Å²) in [4.78, 5) is 16.3. The number of hydrogen-bond acceptors (Lipinski definition) is 5. The van der Waals surface area contributed by atoms with E-state index in [0.29, 0.717) is 16.7 Å². The molecule has 1 unspecified atom stereocenters. The molecule has 0 amide bonds. The summed E-state index contributed by atoms with van der Waals surface area (Å²) < 4.78 is 7.15. The topological polar surface area (TPSA) is 77.2 Å². The van der Waals surface area contributed by atoms with Crippen LogP contribution in [0.3, 0.4) is 0 Å². The maximum Gasteiger partial charge on any atom is 0.359 e. The molecule has 0 fully saturated rings. The average Bonchev–Trinajstić information content (AvgIpc) is 2.93. The number of methoxy groups -OCH3 is 1. The molecule has 0 aliphatic heterocycles. The number of esters is 1. The predicted octanol–water partition coefficient (Wildman–Crippen LogP) is 3.02. The third-order valence-corrected chi connectivity index (χ3v) is 3.91. The molecule has 6 nitrogen and oxygen atoms in total. The van der Waals surface area contributed by atoms with Crippen LogP contribution < -0.4 is 0 Å². The molecule has 0 saturated heterocycles. The van der Waals surface area contributed by atoms with Crippen molar-refractivity contribution >= 4 is 32.9 Å². The molecule has 0 aliphatic rings. The number of aliphatic hydroxyl groups excluding tert-OH is 1. The summed E-state index contributed by atoms with van der Waals surface area (Å²) in [5.74, 6) is -0.521. The molecule has 23 heavy (non-hydrogen) atoms. The van der Waals surface area contributed by atoms with E-state index in [2.05, 4.69) is 26.0 Å². The Kier molecular flexibility index (Phi) is 4.14. The molecule has 3 rings (SSSR count). The van der Waals surface area contributed by atoms with Gasteiger partial charge in [-0.15, -0.1) is 0 Å². The van der Waals surface area contributed by atoms with E-state index >= 15 is 0 Å². The van der Waals surface area contributed by atoms with E-state index in [1.54, 1.807) is 36.0 Å². The number of fused-ring (bicyclic) bond motifs is 1. The molecule has 2 aromatic heterocycles. The van der Waals surface area contributed by atoms with Gasteiger partial charge in [0.05, 0.1) is 24.3 Å². The first-order chi connectivity index (χ1) is 11.0. The zero-order valence-electron chi connectivity index (χ0n) is 12.5. The summed E-state index contributed by atoms with van der Waals surface area (Å²) in [6.45, 7) is 1.69. The largest absolute Gasteiger partial charge is 0.464 e. The summed E-state index contributed by atoms with van der Waals surface area (Å²) >= 11 is 3.43. The van der Waals surface area contributed by atoms with E-state index in [9.17, 15) is 9.90 Å². The highest BCUT2D eigenvalue weighted by Crippen LogP contribution is 2.26. The Bertz CT molecular complexity index is 889. The normalized spacial score (nSPS) is 12.3. The van der Waals surface area contributed by atoms with Crippen molar-refractivity contribution in [2.75, 3.05) is 7.11 Å². The number of hydrogen-bond donors (Lipinski definition) is 1. The second-order valence-electron chi connectivity index (χ2n) is 5.05. The number of ether oxygens (including phenoxy) is 1. The third-order valence-electron chi connectivity index (χ3n) is 3.45. The lowest BCUT2D eigenvalue weighted by molar-refractivity contribution is 0.0595. The maximum atomic E-state index is 11.9. The second-order valence-corrected chi connectivity index (χ2v) is 5.96. The fourth-order valence-corrected chi connectivity index (χ4v) is 2.84. The van der Waals surface area contributed by atoms with E-state index < -0.39 is 12.1 Å². The van der Waals surface area contributed by atoms with Crippen molar-refractivity contribution in [1.29, 1.82) is 0 Å². The highest BCUT2D eigenvalue weighted by Gasteiger charge is 2.19. The molecule has 1 aromatic carbocycles. The molecule has 0 spiro atoms. The molecule has 0 radical (unpaired) electrons. The summed E-state index contributed by atoms with van der Waals surface area (Å²) in [6.07, 6.45) is 1.01. The van der Waals surface area contributed by atoms with E-state index in [-0.39, 0.29) is 5.69 Å². The number of carbonyl (C=O) groups excluding carboxylic acids is 1. The standard InChI is InChI=1S/C16H14BrN3O3/c1-9(21)10-6-11(17)8-12(7-10)20-15-13(4-3-5-18-15)14(19-20)16(22)23-2/h3-9,21H,1-2H3. The third kappa shape index (κ3) is 2.85. The van der Waals surface area contributed by atoms with Gasteiger partial charge in [0, 0.05) is 10.7 Å². The lowest BCUT2D eigenvalue weighted by atomic mass is 10.1. The minimum absolute atomic E-state index is 0.203. The van der Waals surface area contributed by atoms with Crippen molar-refractivity contribution < 1.29 is 14.6 Å². The summed E-state index contributed by atoms with van der Waals surface area (Å²) in [5, 5.41) is 14.8. The minimum atomic E-state index is -0.624. The number of nitrogens with zero attached hydrogens (tertiary/aromatic N) is 3. The average molecular weight is 376 g/mol. The van der Waals surface area contributed by atoms with Gasteiger partial charge in [-0.3, -0.25) is 0 Å². The first-order valence-electron chi connectivity index (χ1n) is 6.92. The van der Waals surface area contributed by atoms with Gasteiger partial charge in [0.25, 0.3) is 0 Å². The van der Waals surface area contributed by atoms with Crippen LogP contribution in [0.1, 0.15) is 29.1 Å². The van der Waals surface area contributed by atoms with Gasteiger partial charge < -0.3 is 9.84 Å². The van der Waals surface area contributed by atoms with Crippen molar-refractivity contribution in [3.63, 3.8) is 0 Å². The van der Waals surface area contributed by atoms with Crippen LogP contribution in [0.4, 0.5) is 0 Å². The van der Waals surface area contributed by atoms with Gasteiger partial charge in [-0.2, -0.15) is 5.10 Å². The summed E-state index contributed by atoms with van der Waals surface area (Å²) in [6, 6.07) is 8.98. The Morgan fingerprint density at radius 1 is 1.39 bits per heavy atom. The van der Waals surface area contributed by atoms with Gasteiger partial charge in [0.15, 0.2) is 11.3 Å². The van der Waals surface area contributed by atoms with Crippen molar-refractivity contribution in [3.05, 3.63) is 52.3 Å². The molecule has 3 aromatic rings. The molecule has 0 aliphatic carbocycles. The number of aliphatic hydroxyl groups is 1. The van der Waals surface area contributed by atoms with E-state index in [4.69, 9.17) is 4.74 Å². The first-order valence-corrected chi connectivity index (χ1v) is 7.71. The lowest BCUT2D eigenvalue weighted by Gasteiger charge is -2.09. The number of pyridine rings is 1. The monoisotopic (exact) mass is 375 g/mol. The zero-order chi connectivity index (χ0) is 16.6. The second kappa shape index (κ2) is 6.10. The van der Waals surface area contributed by atoms with Crippen molar-refractivity contribution in [2.24, 2.45) is 0 Å². The molecule has 118 valence electrons. The van der Waals surface area contributed by atoms with Gasteiger partial charge in [-0.1, -0.05) is 15.9 Å². The molecule has 1 atom stereocenters. The van der Waals surface area contributed by atoms with Crippen LogP contribution in [0.5, 0.6) is 0 Å². The predicted molar refractivity (Wildman–Crippen MR) is 88.5 cm³/mol. The van der Waals surface area contributed by atoms with Gasteiger partial charge in [-0.25, -0.2) is 14.5 Å². The Hall–Kier alpha value is -2.25. The SMILES string of the molecule is COC(=O)c1nn(-c2cc(Br)cc(C(C)O)c2)c2ncccc12. The van der Waals surface area contributed by atoms with E-state index in [0.717, 1.165) is 10.0 Å². The Morgan fingerprint density at radius 3 is 2.87 bits per heavy atom. The van der Waals surface area contributed by atoms with Crippen LogP contribution in [0.25, 0.3) is 16.7 Å². The van der Waals surface area contributed by atoms with Gasteiger partial charge in [-0.05, 0) is 42.8 Å². The minimum Gasteiger partial charge on any atom is -0.464 e. The highest BCUT2D eigenvalue weighted by atomic mass is 79.9. The Labute approximate surface area is 140 Å². The van der Waals surface area contributed by atoms with Crippen molar-refractivity contribution in [3.8, 4) is 5.69 Å². The van der Waals surface area contributed by atoms with Crippen molar-refractivity contribution in [2.45, 2.75) is 13.0 Å². The zero-order valence-corrected chi connectivity index (χ0v) is 14.1. The molecule has 0 bridgehead atoms. The number of rotatable bonds is 3. The van der Waals surface area contributed by atoms with Gasteiger partial charge in [0.1, 0.15) is 0 Å². The lowest BCUT2D eigenvalue weighted by Crippen LogP contribution is -2.05. The maximum absolute atomic E-state index is 11.9. The van der Waals surface area contributed by atoms with Gasteiger partial charge in [0.2, 0.25) is 0 Å². The summed E-state index contributed by atoms with van der Waals surface area (Å²) in [5.41, 5.74) is 2.17. The fourth-order valence-electron chi connectivity index (χ4n) is 2.34. The smallest absolute Gasteiger partial charge is 0.359 e. The number of halogens is 1. The number of carbonyl (C=O) groups is 1. The number of aromatic nitrogens is 3. The molecule has 7 heteroatoms. The molecule has 2 heterocycles. The Balaban J connectivity index is 2.27. The van der Waals surface area contributed by atoms with Crippen LogP contribution in [-0.4, -0.2) is 33.0 Å². The quantitative estimate of drug-likeness (QED) is 0.711. The summed E-state index contributed by atoms with van der Waals surface area (Å²) in [7, 11) is 1.31. The van der Waals surface area contributed by atoms with Crippen molar-refractivity contribution in [1.82, 2.24) is 14.8 Å². The fraction of sp³-hybridized carbons (Fsp3) is 0.188. The first kappa shape index (κ1) is 15.6. The van der Waals surface area contributed by atoms with Crippen LogP contribution in [-0.2, 0) is 4.74 Å². The van der Waals surface area contributed by atoms with Gasteiger partial charge >= 0.3 is 5.97 Å². The Morgan fingerprint density at radius 2 is 2.17 bits per heavy atom. The van der Waals surface area contributed by atoms with Crippen LogP contribution in [0, 0.1) is 0 Å². The van der Waals surface area contributed by atoms with E-state index in [1.165, 1.54) is 7.11 Å². The molecule has 0 saturated carbocycles. The molecular formula is C16H14BrN3O3. The van der Waals surface area contributed by atoms with Crippen LogP contribution >= 0.6 is 15.9 Å². The molecule has 1 N–H and O–H groups in total. The highest BCUT2D eigenvalue weighted by molar-refractivity contribution is 9.10. The van der Waals surface area contributed by atoms with E-state index in [1.807, 2.05) is 12.1 Å². The molecular weight excluding hydrogens is 362 g/mol.